The molecule has 0 amide bonds. The largest absolute Gasteiger partial charge is 0.328 e. The smallest absolute Gasteiger partial charge is 0.117 e. The average Bonchev–Trinajstić information content (AvgIpc) is 2.75. The van der Waals surface area contributed by atoms with Gasteiger partial charge in [0, 0.05) is 12.5 Å². The van der Waals surface area contributed by atoms with Gasteiger partial charge in [-0.2, -0.15) is 0 Å². The van der Waals surface area contributed by atoms with Crippen LogP contribution in [0.3, 0.4) is 0 Å². The van der Waals surface area contributed by atoms with Gasteiger partial charge in [0.1, 0.15) is 5.67 Å². The van der Waals surface area contributed by atoms with Gasteiger partial charge < -0.3 is 5.73 Å². The first-order valence-corrected chi connectivity index (χ1v) is 7.25. The highest BCUT2D eigenvalue weighted by Gasteiger charge is 2.35. The lowest BCUT2D eigenvalue weighted by Crippen LogP contribution is -2.37. The van der Waals surface area contributed by atoms with Gasteiger partial charge in [0.2, 0.25) is 0 Å². The molecule has 1 aliphatic carbocycles. The number of alkyl halides is 1. The lowest BCUT2D eigenvalue weighted by atomic mass is 9.82. The second-order valence-electron chi connectivity index (χ2n) is 5.24. The van der Waals surface area contributed by atoms with Gasteiger partial charge in [-0.15, -0.1) is 11.3 Å². The van der Waals surface area contributed by atoms with Crippen molar-refractivity contribution >= 4 is 21.6 Å². The molecule has 18 heavy (non-hydrogen) atoms. The molecule has 0 saturated heterocycles. The molecule has 0 spiro atoms. The molecule has 1 fully saturated rings. The average molecular weight is 264 g/mol. The van der Waals surface area contributed by atoms with Crippen molar-refractivity contribution in [1.82, 2.24) is 4.98 Å². The Labute approximate surface area is 110 Å². The molecule has 1 aromatic carbocycles. The highest BCUT2D eigenvalue weighted by Crippen LogP contribution is 2.36. The summed E-state index contributed by atoms with van der Waals surface area (Å²) in [6, 6.07) is 8.17. The van der Waals surface area contributed by atoms with Crippen LogP contribution in [-0.2, 0) is 6.42 Å². The summed E-state index contributed by atoms with van der Waals surface area (Å²) in [5.41, 5.74) is 5.72. The topological polar surface area (TPSA) is 38.9 Å². The molecule has 2 nitrogen and oxygen atoms in total. The van der Waals surface area contributed by atoms with Crippen molar-refractivity contribution < 1.29 is 4.39 Å². The number of nitrogens with two attached hydrogens (primary N) is 1. The number of hydrogen-bond acceptors (Lipinski definition) is 3. The molecule has 96 valence electrons. The molecule has 0 bridgehead atoms. The molecule has 2 N–H and O–H groups in total. The molecule has 0 unspecified atom stereocenters. The van der Waals surface area contributed by atoms with Crippen LogP contribution in [0.4, 0.5) is 4.39 Å². The molecule has 1 heterocycles. The summed E-state index contributed by atoms with van der Waals surface area (Å²) < 4.78 is 15.8. The van der Waals surface area contributed by atoms with Crippen molar-refractivity contribution in [3.05, 3.63) is 29.3 Å². The SMILES string of the molecule is NC1CCC(F)(Cc2nc3ccccc3s2)CC1. The molecule has 0 atom stereocenters. The van der Waals surface area contributed by atoms with Gasteiger partial charge in [-0.1, -0.05) is 12.1 Å². The second-order valence-corrected chi connectivity index (χ2v) is 6.36. The van der Waals surface area contributed by atoms with Gasteiger partial charge >= 0.3 is 0 Å². The molecule has 0 aliphatic heterocycles. The maximum absolute atomic E-state index is 14.7. The summed E-state index contributed by atoms with van der Waals surface area (Å²) in [4.78, 5) is 4.52. The minimum atomic E-state index is -1.09. The van der Waals surface area contributed by atoms with Gasteiger partial charge in [-0.05, 0) is 37.8 Å². The highest BCUT2D eigenvalue weighted by molar-refractivity contribution is 7.18. The van der Waals surface area contributed by atoms with Crippen molar-refractivity contribution in [2.45, 2.75) is 43.8 Å². The van der Waals surface area contributed by atoms with E-state index in [1.165, 1.54) is 0 Å². The third kappa shape index (κ3) is 2.40. The molecular formula is C14H17FN2S. The number of halogens is 1. The van der Waals surface area contributed by atoms with Crippen molar-refractivity contribution in [2.75, 3.05) is 0 Å². The first kappa shape index (κ1) is 12.1. The van der Waals surface area contributed by atoms with Gasteiger partial charge in [0.05, 0.1) is 15.2 Å². The predicted molar refractivity (Wildman–Crippen MR) is 73.6 cm³/mol. The zero-order valence-electron chi connectivity index (χ0n) is 10.2. The monoisotopic (exact) mass is 264 g/mol. The molecule has 1 aromatic heterocycles. The lowest BCUT2D eigenvalue weighted by Gasteiger charge is -2.31. The van der Waals surface area contributed by atoms with Crippen molar-refractivity contribution in [3.8, 4) is 0 Å². The Kier molecular flexibility index (Phi) is 3.08. The molecule has 0 radical (unpaired) electrons. The summed E-state index contributed by atoms with van der Waals surface area (Å²) in [6.07, 6.45) is 3.18. The number of hydrogen-bond donors (Lipinski definition) is 1. The van der Waals surface area contributed by atoms with Crippen LogP contribution < -0.4 is 5.73 Å². The van der Waals surface area contributed by atoms with E-state index in [0.29, 0.717) is 19.3 Å². The Hall–Kier alpha value is -1.00. The van der Waals surface area contributed by atoms with Gasteiger partial charge in [0.25, 0.3) is 0 Å². The molecule has 1 aliphatic rings. The zero-order valence-corrected chi connectivity index (χ0v) is 11.0. The standard InChI is InChI=1S/C14H17FN2S/c15-14(7-5-10(16)6-8-14)9-13-17-11-3-1-2-4-12(11)18-13/h1-4,10H,5-9,16H2. The van der Waals surface area contributed by atoms with Crippen LogP contribution in [0.2, 0.25) is 0 Å². The maximum Gasteiger partial charge on any atom is 0.117 e. The Bertz CT molecular complexity index is 510. The van der Waals surface area contributed by atoms with Crippen LogP contribution in [0.25, 0.3) is 10.2 Å². The fourth-order valence-electron chi connectivity index (χ4n) is 2.60. The van der Waals surface area contributed by atoms with Crippen LogP contribution in [0.1, 0.15) is 30.7 Å². The van der Waals surface area contributed by atoms with E-state index in [1.54, 1.807) is 11.3 Å². The van der Waals surface area contributed by atoms with E-state index in [0.717, 1.165) is 28.1 Å². The summed E-state index contributed by atoms with van der Waals surface area (Å²) in [5, 5.41) is 0.911. The number of rotatable bonds is 2. The third-order valence-electron chi connectivity index (χ3n) is 3.73. The number of thiazole rings is 1. The summed E-state index contributed by atoms with van der Waals surface area (Å²) >= 11 is 1.61. The van der Waals surface area contributed by atoms with Crippen molar-refractivity contribution in [3.63, 3.8) is 0 Å². The number of para-hydroxylation sites is 1. The quantitative estimate of drug-likeness (QED) is 0.902. The predicted octanol–water partition coefficient (Wildman–Crippen LogP) is 3.45. The summed E-state index contributed by atoms with van der Waals surface area (Å²) in [6.45, 7) is 0. The van der Waals surface area contributed by atoms with E-state index in [4.69, 9.17) is 5.73 Å². The van der Waals surface area contributed by atoms with Crippen LogP contribution in [-0.4, -0.2) is 16.7 Å². The number of fused-ring (bicyclic) bond motifs is 1. The fraction of sp³-hybridized carbons (Fsp3) is 0.500. The first-order valence-electron chi connectivity index (χ1n) is 6.44. The lowest BCUT2D eigenvalue weighted by molar-refractivity contribution is 0.0995. The van der Waals surface area contributed by atoms with Gasteiger partial charge in [0.15, 0.2) is 0 Å². The van der Waals surface area contributed by atoms with E-state index in [-0.39, 0.29) is 6.04 Å². The molecule has 2 aromatic rings. The van der Waals surface area contributed by atoms with Crippen LogP contribution >= 0.6 is 11.3 Å². The Balaban J connectivity index is 1.79. The van der Waals surface area contributed by atoms with Crippen molar-refractivity contribution in [1.29, 1.82) is 0 Å². The van der Waals surface area contributed by atoms with E-state index in [9.17, 15) is 4.39 Å². The minimum Gasteiger partial charge on any atom is -0.328 e. The molecule has 1 saturated carbocycles. The Morgan fingerprint density at radius 3 is 2.78 bits per heavy atom. The van der Waals surface area contributed by atoms with E-state index in [1.807, 2.05) is 24.3 Å². The first-order chi connectivity index (χ1) is 8.65. The minimum absolute atomic E-state index is 0.184. The maximum atomic E-state index is 14.7. The fourth-order valence-corrected chi connectivity index (χ4v) is 3.69. The van der Waals surface area contributed by atoms with Gasteiger partial charge in [-0.3, -0.25) is 0 Å². The highest BCUT2D eigenvalue weighted by atomic mass is 32.1. The van der Waals surface area contributed by atoms with Crippen molar-refractivity contribution in [2.24, 2.45) is 5.73 Å². The summed E-state index contributed by atoms with van der Waals surface area (Å²) in [7, 11) is 0. The number of nitrogens with zero attached hydrogens (tertiary/aromatic N) is 1. The normalized spacial score (nSPS) is 28.7. The third-order valence-corrected chi connectivity index (χ3v) is 4.77. The number of aromatic nitrogens is 1. The zero-order chi connectivity index (χ0) is 12.6. The number of benzene rings is 1. The Morgan fingerprint density at radius 1 is 1.33 bits per heavy atom. The van der Waals surface area contributed by atoms with E-state index >= 15 is 0 Å². The van der Waals surface area contributed by atoms with Crippen LogP contribution in [0.5, 0.6) is 0 Å². The van der Waals surface area contributed by atoms with Crippen LogP contribution in [0.15, 0.2) is 24.3 Å². The van der Waals surface area contributed by atoms with E-state index < -0.39 is 5.67 Å². The Morgan fingerprint density at radius 2 is 2.06 bits per heavy atom. The molecule has 3 rings (SSSR count). The van der Waals surface area contributed by atoms with Crippen LogP contribution in [0, 0.1) is 0 Å². The van der Waals surface area contributed by atoms with E-state index in [2.05, 4.69) is 4.98 Å². The molecule has 4 heteroatoms. The van der Waals surface area contributed by atoms with Gasteiger partial charge in [-0.25, -0.2) is 9.37 Å². The second kappa shape index (κ2) is 4.59. The summed E-state index contributed by atoms with van der Waals surface area (Å²) in [5.74, 6) is 0. The molecular weight excluding hydrogens is 247 g/mol.